The van der Waals surface area contributed by atoms with Crippen LogP contribution in [0.5, 0.6) is 0 Å². The third-order valence-corrected chi connectivity index (χ3v) is 2.90. The van der Waals surface area contributed by atoms with Crippen molar-refractivity contribution < 1.29 is 0 Å². The molecule has 0 aliphatic heterocycles. The lowest BCUT2D eigenvalue weighted by Crippen LogP contribution is -2.03. The Labute approximate surface area is 99.5 Å². The zero-order valence-corrected chi connectivity index (χ0v) is 10.4. The summed E-state index contributed by atoms with van der Waals surface area (Å²) in [6.45, 7) is 2.87. The quantitative estimate of drug-likeness (QED) is 0.899. The lowest BCUT2D eigenvalue weighted by Gasteiger charge is -2.03. The van der Waals surface area contributed by atoms with Gasteiger partial charge in [-0.3, -0.25) is 4.68 Å². The summed E-state index contributed by atoms with van der Waals surface area (Å²) in [7, 11) is 1.95. The van der Waals surface area contributed by atoms with E-state index < -0.39 is 0 Å². The standard InChI is InChI=1S/C10H13N3S.ClH/c1-8-6-10(13(2)12-8)11-7-9-4-3-5-14-9;/h3-6,11H,7H2,1-2H3;1H. The molecule has 82 valence electrons. The van der Waals surface area contributed by atoms with Crippen molar-refractivity contribution in [3.8, 4) is 0 Å². The number of rotatable bonds is 3. The summed E-state index contributed by atoms with van der Waals surface area (Å²) in [5, 5.41) is 9.70. The number of hydrogen-bond donors (Lipinski definition) is 1. The van der Waals surface area contributed by atoms with Gasteiger partial charge in [0.2, 0.25) is 0 Å². The molecule has 0 saturated carbocycles. The number of halogens is 1. The van der Waals surface area contributed by atoms with Crippen molar-refractivity contribution in [2.24, 2.45) is 7.05 Å². The molecular weight excluding hydrogens is 230 g/mol. The van der Waals surface area contributed by atoms with Crippen molar-refractivity contribution in [1.29, 1.82) is 0 Å². The summed E-state index contributed by atoms with van der Waals surface area (Å²) in [6, 6.07) is 6.24. The van der Waals surface area contributed by atoms with Gasteiger partial charge in [0.1, 0.15) is 5.82 Å². The maximum absolute atomic E-state index is 4.27. The van der Waals surface area contributed by atoms with E-state index in [1.807, 2.05) is 24.7 Å². The fourth-order valence-electron chi connectivity index (χ4n) is 1.37. The topological polar surface area (TPSA) is 29.9 Å². The Morgan fingerprint density at radius 3 is 2.87 bits per heavy atom. The molecule has 0 atom stereocenters. The summed E-state index contributed by atoms with van der Waals surface area (Å²) in [5.41, 5.74) is 1.04. The molecule has 0 saturated heterocycles. The summed E-state index contributed by atoms with van der Waals surface area (Å²) in [4.78, 5) is 1.34. The Morgan fingerprint density at radius 1 is 1.53 bits per heavy atom. The van der Waals surface area contributed by atoms with Gasteiger partial charge in [-0.15, -0.1) is 23.7 Å². The molecule has 2 heterocycles. The second-order valence-electron chi connectivity index (χ2n) is 3.23. The van der Waals surface area contributed by atoms with E-state index in [4.69, 9.17) is 0 Å². The van der Waals surface area contributed by atoms with Gasteiger partial charge >= 0.3 is 0 Å². The third-order valence-electron chi connectivity index (χ3n) is 2.03. The van der Waals surface area contributed by atoms with Gasteiger partial charge in [-0.05, 0) is 18.4 Å². The van der Waals surface area contributed by atoms with Gasteiger partial charge in [0.25, 0.3) is 0 Å². The van der Waals surface area contributed by atoms with Crippen molar-refractivity contribution in [3.63, 3.8) is 0 Å². The van der Waals surface area contributed by atoms with E-state index in [2.05, 4.69) is 27.9 Å². The molecule has 0 aromatic carbocycles. The normalized spacial score (nSPS) is 9.73. The van der Waals surface area contributed by atoms with Crippen LogP contribution in [0.25, 0.3) is 0 Å². The minimum absolute atomic E-state index is 0. The first-order valence-corrected chi connectivity index (χ1v) is 5.40. The van der Waals surface area contributed by atoms with Gasteiger partial charge in [0.05, 0.1) is 12.2 Å². The molecular formula is C10H14ClN3S. The van der Waals surface area contributed by atoms with E-state index in [0.717, 1.165) is 18.1 Å². The zero-order chi connectivity index (χ0) is 9.97. The van der Waals surface area contributed by atoms with Gasteiger partial charge in [0, 0.05) is 18.0 Å². The van der Waals surface area contributed by atoms with Gasteiger partial charge in [-0.1, -0.05) is 6.07 Å². The highest BCUT2D eigenvalue weighted by atomic mass is 35.5. The van der Waals surface area contributed by atoms with E-state index >= 15 is 0 Å². The van der Waals surface area contributed by atoms with Crippen LogP contribution in [0.3, 0.4) is 0 Å². The molecule has 2 rings (SSSR count). The van der Waals surface area contributed by atoms with E-state index in [1.165, 1.54) is 4.88 Å². The largest absolute Gasteiger partial charge is 0.365 e. The van der Waals surface area contributed by atoms with Crippen LogP contribution in [0, 0.1) is 6.92 Å². The van der Waals surface area contributed by atoms with Crippen molar-refractivity contribution in [2.75, 3.05) is 5.32 Å². The van der Waals surface area contributed by atoms with Crippen LogP contribution in [0.2, 0.25) is 0 Å². The SMILES string of the molecule is Cc1cc(NCc2cccs2)n(C)n1.Cl. The van der Waals surface area contributed by atoms with Gasteiger partial charge in [0.15, 0.2) is 0 Å². The molecule has 2 aromatic rings. The highest BCUT2D eigenvalue weighted by Gasteiger charge is 2.00. The van der Waals surface area contributed by atoms with Gasteiger partial charge < -0.3 is 5.32 Å². The number of hydrogen-bond acceptors (Lipinski definition) is 3. The monoisotopic (exact) mass is 243 g/mol. The van der Waals surface area contributed by atoms with E-state index in [1.54, 1.807) is 11.3 Å². The fraction of sp³-hybridized carbons (Fsp3) is 0.300. The Bertz CT molecular complexity index is 408. The van der Waals surface area contributed by atoms with E-state index in [9.17, 15) is 0 Å². The number of nitrogens with zero attached hydrogens (tertiary/aromatic N) is 2. The summed E-state index contributed by atoms with van der Waals surface area (Å²) in [6.07, 6.45) is 0. The predicted octanol–water partition coefficient (Wildman–Crippen LogP) is 2.82. The lowest BCUT2D eigenvalue weighted by molar-refractivity contribution is 0.758. The molecule has 0 unspecified atom stereocenters. The van der Waals surface area contributed by atoms with E-state index in [0.29, 0.717) is 0 Å². The zero-order valence-electron chi connectivity index (χ0n) is 8.73. The molecule has 0 aliphatic carbocycles. The minimum Gasteiger partial charge on any atom is -0.365 e. The molecule has 0 amide bonds. The molecule has 0 bridgehead atoms. The Kier molecular flexibility index (Phi) is 4.17. The van der Waals surface area contributed by atoms with Crippen molar-refractivity contribution in [3.05, 3.63) is 34.2 Å². The van der Waals surface area contributed by atoms with Crippen LogP contribution in [-0.4, -0.2) is 9.78 Å². The third kappa shape index (κ3) is 2.97. The molecule has 5 heteroatoms. The average Bonchev–Trinajstić information content (AvgIpc) is 2.72. The molecule has 0 fully saturated rings. The van der Waals surface area contributed by atoms with Crippen molar-refractivity contribution in [1.82, 2.24) is 9.78 Å². The Balaban J connectivity index is 0.00000112. The smallest absolute Gasteiger partial charge is 0.124 e. The van der Waals surface area contributed by atoms with Gasteiger partial charge in [-0.25, -0.2) is 0 Å². The summed E-state index contributed by atoms with van der Waals surface area (Å²) < 4.78 is 1.86. The van der Waals surface area contributed by atoms with E-state index in [-0.39, 0.29) is 12.4 Å². The minimum atomic E-state index is 0. The lowest BCUT2D eigenvalue weighted by atomic mass is 10.4. The molecule has 0 spiro atoms. The number of aromatic nitrogens is 2. The first-order valence-electron chi connectivity index (χ1n) is 4.52. The molecule has 3 nitrogen and oxygen atoms in total. The molecule has 15 heavy (non-hydrogen) atoms. The molecule has 0 radical (unpaired) electrons. The first-order chi connectivity index (χ1) is 6.75. The average molecular weight is 244 g/mol. The summed E-state index contributed by atoms with van der Waals surface area (Å²) in [5.74, 6) is 1.07. The predicted molar refractivity (Wildman–Crippen MR) is 66.8 cm³/mol. The Morgan fingerprint density at radius 2 is 2.33 bits per heavy atom. The molecule has 2 aromatic heterocycles. The molecule has 1 N–H and O–H groups in total. The maximum Gasteiger partial charge on any atom is 0.124 e. The van der Waals surface area contributed by atoms with Crippen LogP contribution in [-0.2, 0) is 13.6 Å². The highest BCUT2D eigenvalue weighted by Crippen LogP contribution is 2.13. The van der Waals surface area contributed by atoms with Crippen LogP contribution in [0.4, 0.5) is 5.82 Å². The van der Waals surface area contributed by atoms with Crippen LogP contribution in [0.1, 0.15) is 10.6 Å². The molecule has 0 aliphatic rings. The second-order valence-corrected chi connectivity index (χ2v) is 4.26. The van der Waals surface area contributed by atoms with Crippen LogP contribution in [0.15, 0.2) is 23.6 Å². The highest BCUT2D eigenvalue weighted by molar-refractivity contribution is 7.09. The number of anilines is 1. The number of nitrogens with one attached hydrogen (secondary N) is 1. The fourth-order valence-corrected chi connectivity index (χ4v) is 2.01. The summed E-state index contributed by atoms with van der Waals surface area (Å²) >= 11 is 1.76. The maximum atomic E-state index is 4.27. The second kappa shape index (κ2) is 5.19. The van der Waals surface area contributed by atoms with Crippen LogP contribution >= 0.6 is 23.7 Å². The van der Waals surface area contributed by atoms with Gasteiger partial charge in [-0.2, -0.15) is 5.10 Å². The van der Waals surface area contributed by atoms with Crippen molar-refractivity contribution in [2.45, 2.75) is 13.5 Å². The van der Waals surface area contributed by atoms with Crippen LogP contribution < -0.4 is 5.32 Å². The Hall–Kier alpha value is -1.00. The first kappa shape index (κ1) is 12.1. The number of aryl methyl sites for hydroxylation is 2. The van der Waals surface area contributed by atoms with Crippen molar-refractivity contribution >= 4 is 29.6 Å². The number of thiophene rings is 1.